The molecular formula is C15H14N2O3S2. The molecule has 0 saturated carbocycles. The van der Waals surface area contributed by atoms with E-state index < -0.39 is 5.97 Å². The van der Waals surface area contributed by atoms with E-state index in [-0.39, 0.29) is 5.78 Å². The molecule has 0 spiro atoms. The lowest BCUT2D eigenvalue weighted by molar-refractivity contribution is 0.0607. The van der Waals surface area contributed by atoms with Gasteiger partial charge in [0.15, 0.2) is 10.9 Å². The summed E-state index contributed by atoms with van der Waals surface area (Å²) in [5.74, 6) is -0.403. The minimum atomic E-state index is -0.411. The summed E-state index contributed by atoms with van der Waals surface area (Å²) in [6.45, 7) is 1.51. The molecule has 0 saturated heterocycles. The van der Waals surface area contributed by atoms with Crippen LogP contribution in [-0.2, 0) is 4.74 Å². The van der Waals surface area contributed by atoms with Crippen molar-refractivity contribution in [1.29, 1.82) is 0 Å². The zero-order chi connectivity index (χ0) is 16.1. The number of esters is 1. The Morgan fingerprint density at radius 3 is 2.41 bits per heavy atom. The molecule has 1 aromatic heterocycles. The molecule has 114 valence electrons. The van der Waals surface area contributed by atoms with Crippen molar-refractivity contribution in [2.75, 3.05) is 17.7 Å². The van der Waals surface area contributed by atoms with Gasteiger partial charge in [0.1, 0.15) is 4.88 Å². The molecular weight excluding hydrogens is 320 g/mol. The van der Waals surface area contributed by atoms with Gasteiger partial charge in [-0.2, -0.15) is 0 Å². The molecule has 0 amide bonds. The first kappa shape index (κ1) is 16.1. The number of nitrogens with one attached hydrogen (secondary N) is 2. The molecule has 2 aromatic rings. The Bertz CT molecular complexity index is 708. The van der Waals surface area contributed by atoms with E-state index in [1.165, 1.54) is 25.4 Å². The van der Waals surface area contributed by atoms with Crippen LogP contribution in [0.2, 0.25) is 0 Å². The molecule has 0 atom stereocenters. The molecule has 7 heteroatoms. The van der Waals surface area contributed by atoms with Crippen molar-refractivity contribution in [3.63, 3.8) is 0 Å². The highest BCUT2D eigenvalue weighted by molar-refractivity contribution is 7.80. The van der Waals surface area contributed by atoms with Crippen LogP contribution in [-0.4, -0.2) is 24.0 Å². The molecule has 0 unspecified atom stereocenters. The van der Waals surface area contributed by atoms with Gasteiger partial charge in [-0.3, -0.25) is 4.79 Å². The summed E-state index contributed by atoms with van der Waals surface area (Å²) in [4.78, 5) is 23.3. The first-order chi connectivity index (χ1) is 10.5. The SMILES string of the molecule is COC(=O)c1sccc1NC(=S)Nc1ccc(C(C)=O)cc1. The van der Waals surface area contributed by atoms with Crippen LogP contribution in [0.1, 0.15) is 27.0 Å². The predicted octanol–water partition coefficient (Wildman–Crippen LogP) is 3.55. The summed E-state index contributed by atoms with van der Waals surface area (Å²) < 4.78 is 4.71. The van der Waals surface area contributed by atoms with Crippen LogP contribution in [0.15, 0.2) is 35.7 Å². The topological polar surface area (TPSA) is 67.4 Å². The number of hydrogen-bond acceptors (Lipinski definition) is 5. The quantitative estimate of drug-likeness (QED) is 0.506. The molecule has 1 heterocycles. The number of ether oxygens (including phenoxy) is 1. The summed E-state index contributed by atoms with van der Waals surface area (Å²) in [6.07, 6.45) is 0. The molecule has 22 heavy (non-hydrogen) atoms. The number of methoxy groups -OCH3 is 1. The fourth-order valence-electron chi connectivity index (χ4n) is 1.73. The van der Waals surface area contributed by atoms with Crippen LogP contribution in [0, 0.1) is 0 Å². The summed E-state index contributed by atoms with van der Waals surface area (Å²) >= 11 is 6.49. The number of anilines is 2. The van der Waals surface area contributed by atoms with Crippen LogP contribution in [0.25, 0.3) is 0 Å². The Hall–Kier alpha value is -2.25. The average Bonchev–Trinajstić information content (AvgIpc) is 2.95. The molecule has 0 radical (unpaired) electrons. The van der Waals surface area contributed by atoms with Crippen molar-refractivity contribution in [3.05, 3.63) is 46.2 Å². The third-order valence-electron chi connectivity index (χ3n) is 2.83. The van der Waals surface area contributed by atoms with E-state index in [9.17, 15) is 9.59 Å². The second-order valence-electron chi connectivity index (χ2n) is 4.37. The maximum atomic E-state index is 11.6. The number of thiocarbonyl (C=S) groups is 1. The van der Waals surface area contributed by atoms with E-state index in [4.69, 9.17) is 17.0 Å². The molecule has 0 aliphatic rings. The van der Waals surface area contributed by atoms with E-state index in [0.717, 1.165) is 5.69 Å². The van der Waals surface area contributed by atoms with Gasteiger partial charge in [0.25, 0.3) is 0 Å². The summed E-state index contributed by atoms with van der Waals surface area (Å²) in [7, 11) is 1.33. The fourth-order valence-corrected chi connectivity index (χ4v) is 2.73. The number of carbonyl (C=O) groups excluding carboxylic acids is 2. The van der Waals surface area contributed by atoms with Crippen LogP contribution in [0.5, 0.6) is 0 Å². The van der Waals surface area contributed by atoms with Gasteiger partial charge in [0.05, 0.1) is 12.8 Å². The number of carbonyl (C=O) groups is 2. The zero-order valence-corrected chi connectivity index (χ0v) is 13.6. The lowest BCUT2D eigenvalue weighted by Gasteiger charge is -2.10. The second-order valence-corrected chi connectivity index (χ2v) is 5.69. The van der Waals surface area contributed by atoms with Crippen molar-refractivity contribution < 1.29 is 14.3 Å². The highest BCUT2D eigenvalue weighted by atomic mass is 32.1. The number of Topliss-reactive ketones (excluding diaryl/α,β-unsaturated/α-hetero) is 1. The first-order valence-corrected chi connectivity index (χ1v) is 7.65. The molecule has 0 bridgehead atoms. The Labute approximate surface area is 137 Å². The van der Waals surface area contributed by atoms with Gasteiger partial charge in [-0.15, -0.1) is 11.3 Å². The van der Waals surface area contributed by atoms with E-state index >= 15 is 0 Å². The largest absolute Gasteiger partial charge is 0.465 e. The van der Waals surface area contributed by atoms with Gasteiger partial charge in [-0.1, -0.05) is 0 Å². The molecule has 2 N–H and O–H groups in total. The highest BCUT2D eigenvalue weighted by Gasteiger charge is 2.14. The number of rotatable bonds is 4. The maximum absolute atomic E-state index is 11.6. The van der Waals surface area contributed by atoms with Crippen LogP contribution >= 0.6 is 23.6 Å². The lowest BCUT2D eigenvalue weighted by atomic mass is 10.1. The maximum Gasteiger partial charge on any atom is 0.350 e. The molecule has 1 aromatic carbocycles. The van der Waals surface area contributed by atoms with E-state index in [1.807, 2.05) is 0 Å². The van der Waals surface area contributed by atoms with Crippen molar-refractivity contribution in [2.45, 2.75) is 6.92 Å². The van der Waals surface area contributed by atoms with E-state index in [2.05, 4.69) is 10.6 Å². The normalized spacial score (nSPS) is 9.91. The summed E-state index contributed by atoms with van der Waals surface area (Å²) in [5, 5.41) is 8.07. The third kappa shape index (κ3) is 3.90. The minimum absolute atomic E-state index is 0.00763. The van der Waals surface area contributed by atoms with Gasteiger partial charge in [0.2, 0.25) is 0 Å². The first-order valence-electron chi connectivity index (χ1n) is 6.36. The van der Waals surface area contributed by atoms with Crippen LogP contribution < -0.4 is 10.6 Å². The Morgan fingerprint density at radius 2 is 1.82 bits per heavy atom. The lowest BCUT2D eigenvalue weighted by Crippen LogP contribution is -2.20. The number of benzene rings is 1. The van der Waals surface area contributed by atoms with Gasteiger partial charge >= 0.3 is 5.97 Å². The molecule has 0 aliphatic carbocycles. The van der Waals surface area contributed by atoms with Crippen molar-refractivity contribution in [3.8, 4) is 0 Å². The van der Waals surface area contributed by atoms with Crippen molar-refractivity contribution in [1.82, 2.24) is 0 Å². The smallest absolute Gasteiger partial charge is 0.350 e. The standard InChI is InChI=1S/C15H14N2O3S2/c1-9(18)10-3-5-11(6-4-10)16-15(21)17-12-7-8-22-13(12)14(19)20-2/h3-8H,1-2H3,(H2,16,17,21). The van der Waals surface area contributed by atoms with E-state index in [0.29, 0.717) is 21.2 Å². The van der Waals surface area contributed by atoms with Crippen LogP contribution in [0.4, 0.5) is 11.4 Å². The Balaban J connectivity index is 2.03. The molecule has 2 rings (SSSR count). The average molecular weight is 334 g/mol. The Morgan fingerprint density at radius 1 is 1.14 bits per heavy atom. The van der Waals surface area contributed by atoms with Crippen molar-refractivity contribution in [2.24, 2.45) is 0 Å². The monoisotopic (exact) mass is 334 g/mol. The zero-order valence-electron chi connectivity index (χ0n) is 12.0. The second kappa shape index (κ2) is 7.15. The molecule has 5 nitrogen and oxygen atoms in total. The minimum Gasteiger partial charge on any atom is -0.465 e. The van der Waals surface area contributed by atoms with Gasteiger partial charge in [0, 0.05) is 11.3 Å². The predicted molar refractivity (Wildman–Crippen MR) is 91.9 cm³/mol. The molecule has 0 fully saturated rings. The Kier molecular flexibility index (Phi) is 5.24. The number of ketones is 1. The van der Waals surface area contributed by atoms with Gasteiger partial charge in [-0.05, 0) is 54.9 Å². The summed E-state index contributed by atoms with van der Waals surface area (Å²) in [6, 6.07) is 8.72. The third-order valence-corrected chi connectivity index (χ3v) is 3.93. The fraction of sp³-hybridized carbons (Fsp3) is 0.133. The van der Waals surface area contributed by atoms with Crippen molar-refractivity contribution >= 4 is 51.8 Å². The number of thiophene rings is 1. The van der Waals surface area contributed by atoms with Crippen LogP contribution in [0.3, 0.4) is 0 Å². The summed E-state index contributed by atoms with van der Waals surface area (Å²) in [5.41, 5.74) is 1.97. The van der Waals surface area contributed by atoms with Gasteiger partial charge < -0.3 is 15.4 Å². The van der Waals surface area contributed by atoms with Gasteiger partial charge in [-0.25, -0.2) is 4.79 Å². The van der Waals surface area contributed by atoms with E-state index in [1.54, 1.807) is 35.7 Å². The molecule has 0 aliphatic heterocycles. The number of hydrogen-bond donors (Lipinski definition) is 2. The highest BCUT2D eigenvalue weighted by Crippen LogP contribution is 2.23.